The van der Waals surface area contributed by atoms with Crippen LogP contribution >= 0.6 is 0 Å². The molecular weight excluding hydrogens is 467 g/mol. The van der Waals surface area contributed by atoms with Gasteiger partial charge < -0.3 is 5.32 Å². The number of nitrogens with one attached hydrogen (secondary N) is 2. The Labute approximate surface area is 198 Å². The van der Waals surface area contributed by atoms with Gasteiger partial charge in [0.2, 0.25) is 10.0 Å². The monoisotopic (exact) mass is 497 g/mol. The molecular formula is C23H30F3N5O2S. The van der Waals surface area contributed by atoms with Gasteiger partial charge in [0.05, 0.1) is 23.2 Å². The molecule has 1 aromatic carbocycles. The van der Waals surface area contributed by atoms with Gasteiger partial charge in [-0.1, -0.05) is 18.9 Å². The standard InChI is InChI=1S/C23H30F3N5O2S/c1-15-12-20(19-10-9-16(23(24,25)26)13-21(19)30-34(2,32)33)28-29-22(15)27-17-6-5-11-31(14-17)18-7-3-4-8-18/h9-10,12-13,17-18,30H,3-8,11,14H2,1-2H3,(H,27,29)/t17-/m1/s1. The maximum absolute atomic E-state index is 13.2. The van der Waals surface area contributed by atoms with E-state index in [9.17, 15) is 21.6 Å². The number of sulfonamides is 1. The second-order valence-corrected chi connectivity index (χ2v) is 11.1. The van der Waals surface area contributed by atoms with Crippen molar-refractivity contribution >= 4 is 21.5 Å². The maximum Gasteiger partial charge on any atom is 0.416 e. The molecule has 34 heavy (non-hydrogen) atoms. The number of nitrogens with zero attached hydrogens (tertiary/aromatic N) is 3. The molecule has 1 aliphatic heterocycles. The highest BCUT2D eigenvalue weighted by Crippen LogP contribution is 2.36. The zero-order valence-corrected chi connectivity index (χ0v) is 20.1. The minimum Gasteiger partial charge on any atom is -0.364 e. The molecule has 0 unspecified atom stereocenters. The van der Waals surface area contributed by atoms with Crippen molar-refractivity contribution in [2.24, 2.45) is 0 Å². The molecule has 1 saturated heterocycles. The van der Waals surface area contributed by atoms with Crippen molar-refractivity contribution in [2.45, 2.75) is 63.7 Å². The molecule has 11 heteroatoms. The van der Waals surface area contributed by atoms with E-state index in [1.807, 2.05) is 6.92 Å². The Balaban J connectivity index is 1.55. The lowest BCUT2D eigenvalue weighted by Gasteiger charge is -2.37. The number of likely N-dealkylation sites (tertiary alicyclic amines) is 1. The lowest BCUT2D eigenvalue weighted by atomic mass is 10.0. The van der Waals surface area contributed by atoms with Crippen LogP contribution in [0.5, 0.6) is 0 Å². The third kappa shape index (κ3) is 5.99. The van der Waals surface area contributed by atoms with E-state index in [2.05, 4.69) is 25.1 Å². The molecule has 1 aromatic heterocycles. The Kier molecular flexibility index (Phi) is 7.04. The smallest absolute Gasteiger partial charge is 0.364 e. The van der Waals surface area contributed by atoms with Crippen LogP contribution in [0.4, 0.5) is 24.7 Å². The van der Waals surface area contributed by atoms with Gasteiger partial charge in [-0.3, -0.25) is 9.62 Å². The highest BCUT2D eigenvalue weighted by molar-refractivity contribution is 7.92. The number of benzene rings is 1. The van der Waals surface area contributed by atoms with Crippen LogP contribution in [0.25, 0.3) is 11.3 Å². The van der Waals surface area contributed by atoms with Crippen LogP contribution in [0.15, 0.2) is 24.3 Å². The van der Waals surface area contributed by atoms with Crippen LogP contribution in [-0.4, -0.2) is 54.9 Å². The van der Waals surface area contributed by atoms with Gasteiger partial charge in [0.25, 0.3) is 0 Å². The minimum atomic E-state index is -4.60. The summed E-state index contributed by atoms with van der Waals surface area (Å²) in [6.45, 7) is 3.93. The summed E-state index contributed by atoms with van der Waals surface area (Å²) in [5.41, 5.74) is 0.165. The van der Waals surface area contributed by atoms with Gasteiger partial charge in [-0.25, -0.2) is 8.42 Å². The van der Waals surface area contributed by atoms with Crippen LogP contribution in [-0.2, 0) is 16.2 Å². The van der Waals surface area contributed by atoms with Crippen LogP contribution in [0, 0.1) is 6.92 Å². The lowest BCUT2D eigenvalue weighted by Crippen LogP contribution is -2.46. The Morgan fingerprint density at radius 1 is 1.06 bits per heavy atom. The summed E-state index contributed by atoms with van der Waals surface area (Å²) < 4.78 is 65.3. The first-order chi connectivity index (χ1) is 16.0. The lowest BCUT2D eigenvalue weighted by molar-refractivity contribution is -0.137. The summed E-state index contributed by atoms with van der Waals surface area (Å²) in [6.07, 6.45) is 3.55. The fraction of sp³-hybridized carbons (Fsp3) is 0.565. The van der Waals surface area contributed by atoms with Gasteiger partial charge >= 0.3 is 6.18 Å². The molecule has 0 bridgehead atoms. The van der Waals surface area contributed by atoms with Gasteiger partial charge in [-0.15, -0.1) is 10.2 Å². The van der Waals surface area contributed by atoms with Gasteiger partial charge in [0.1, 0.15) is 0 Å². The first-order valence-electron chi connectivity index (χ1n) is 11.5. The summed E-state index contributed by atoms with van der Waals surface area (Å²) in [5, 5.41) is 12.0. The number of halogens is 3. The molecule has 2 aliphatic rings. The number of anilines is 2. The number of hydrogen-bond donors (Lipinski definition) is 2. The van der Waals surface area contributed by atoms with E-state index in [0.717, 1.165) is 49.9 Å². The van der Waals surface area contributed by atoms with Gasteiger partial charge in [-0.05, 0) is 62.9 Å². The predicted octanol–water partition coefficient (Wildman–Crippen LogP) is 4.66. The molecule has 1 saturated carbocycles. The zero-order valence-electron chi connectivity index (χ0n) is 19.3. The highest BCUT2D eigenvalue weighted by Gasteiger charge is 2.32. The van der Waals surface area contributed by atoms with Gasteiger partial charge in [0, 0.05) is 24.2 Å². The maximum atomic E-state index is 13.2. The average molecular weight is 498 g/mol. The number of hydrogen-bond acceptors (Lipinski definition) is 6. The molecule has 1 aliphatic carbocycles. The molecule has 2 heterocycles. The SMILES string of the molecule is Cc1cc(-c2ccc(C(F)(F)F)cc2NS(C)(=O)=O)nnc1N[C@@H]1CCCN(C2CCCC2)C1. The van der Waals surface area contributed by atoms with Crippen molar-refractivity contribution < 1.29 is 21.6 Å². The van der Waals surface area contributed by atoms with Crippen LogP contribution in [0.2, 0.25) is 0 Å². The van der Waals surface area contributed by atoms with E-state index in [0.29, 0.717) is 17.6 Å². The van der Waals surface area contributed by atoms with Crippen molar-refractivity contribution in [3.05, 3.63) is 35.4 Å². The molecule has 2 N–H and O–H groups in total. The summed E-state index contributed by atoms with van der Waals surface area (Å²) >= 11 is 0. The molecule has 186 valence electrons. The van der Waals surface area contributed by atoms with E-state index in [1.165, 1.54) is 31.7 Å². The highest BCUT2D eigenvalue weighted by atomic mass is 32.2. The molecule has 2 aromatic rings. The van der Waals surface area contributed by atoms with Gasteiger partial charge in [0.15, 0.2) is 5.82 Å². The van der Waals surface area contributed by atoms with Gasteiger partial charge in [-0.2, -0.15) is 13.2 Å². The Hall–Kier alpha value is -2.40. The van der Waals surface area contributed by atoms with Crippen LogP contribution < -0.4 is 10.0 Å². The molecule has 0 spiro atoms. The fourth-order valence-electron chi connectivity index (χ4n) is 4.91. The molecule has 7 nitrogen and oxygen atoms in total. The first kappa shape index (κ1) is 24.7. The Bertz CT molecular complexity index is 1130. The van der Waals surface area contributed by atoms with E-state index < -0.39 is 21.8 Å². The first-order valence-corrected chi connectivity index (χ1v) is 13.4. The van der Waals surface area contributed by atoms with Crippen molar-refractivity contribution in [1.82, 2.24) is 15.1 Å². The zero-order chi connectivity index (χ0) is 24.5. The van der Waals surface area contributed by atoms with Crippen molar-refractivity contribution in [3.63, 3.8) is 0 Å². The average Bonchev–Trinajstić information content (AvgIpc) is 3.29. The second kappa shape index (κ2) is 9.69. The summed E-state index contributed by atoms with van der Waals surface area (Å²) in [7, 11) is -3.80. The van der Waals surface area contributed by atoms with Crippen molar-refractivity contribution in [1.29, 1.82) is 0 Å². The normalized spacial score (nSPS) is 20.4. The summed E-state index contributed by atoms with van der Waals surface area (Å²) in [6, 6.07) is 5.53. The predicted molar refractivity (Wildman–Crippen MR) is 126 cm³/mol. The quantitative estimate of drug-likeness (QED) is 0.604. The molecule has 0 amide bonds. The second-order valence-electron chi connectivity index (χ2n) is 9.31. The largest absolute Gasteiger partial charge is 0.416 e. The van der Waals surface area contributed by atoms with E-state index in [4.69, 9.17) is 0 Å². The summed E-state index contributed by atoms with van der Waals surface area (Å²) in [4.78, 5) is 2.57. The third-order valence-corrected chi connectivity index (χ3v) is 7.13. The third-order valence-electron chi connectivity index (χ3n) is 6.54. The van der Waals surface area contributed by atoms with Crippen LogP contribution in [0.3, 0.4) is 0 Å². The number of rotatable bonds is 6. The molecule has 0 radical (unpaired) electrons. The van der Waals surface area contributed by atoms with E-state index >= 15 is 0 Å². The molecule has 2 fully saturated rings. The van der Waals surface area contributed by atoms with Crippen LogP contribution in [0.1, 0.15) is 49.7 Å². The number of alkyl halides is 3. The Morgan fingerprint density at radius 3 is 2.44 bits per heavy atom. The number of piperidine rings is 1. The van der Waals surface area contributed by atoms with E-state index in [-0.39, 0.29) is 17.3 Å². The summed E-state index contributed by atoms with van der Waals surface area (Å²) in [5.74, 6) is 0.631. The number of aryl methyl sites for hydroxylation is 1. The number of aromatic nitrogens is 2. The van der Waals surface area contributed by atoms with Crippen molar-refractivity contribution in [2.75, 3.05) is 29.4 Å². The minimum absolute atomic E-state index is 0.189. The fourth-order valence-corrected chi connectivity index (χ4v) is 5.47. The Morgan fingerprint density at radius 2 is 1.79 bits per heavy atom. The van der Waals surface area contributed by atoms with Crippen molar-refractivity contribution in [3.8, 4) is 11.3 Å². The van der Waals surface area contributed by atoms with E-state index in [1.54, 1.807) is 6.07 Å². The molecule has 1 atom stereocenters. The molecule has 4 rings (SSSR count). The topological polar surface area (TPSA) is 87.2 Å².